The number of amides is 1. The van der Waals surface area contributed by atoms with Gasteiger partial charge in [0.15, 0.2) is 12.3 Å². The van der Waals surface area contributed by atoms with Crippen molar-refractivity contribution in [3.8, 4) is 0 Å². The third-order valence-electron chi connectivity index (χ3n) is 8.65. The van der Waals surface area contributed by atoms with Crippen LogP contribution in [0.1, 0.15) is 82.9 Å². The molecule has 4 rings (SSSR count). The number of allylic oxidation sites excluding steroid dienone is 2. The van der Waals surface area contributed by atoms with Gasteiger partial charge in [-0.25, -0.2) is 5.43 Å². The van der Waals surface area contributed by atoms with Gasteiger partial charge in [0.05, 0.1) is 28.2 Å². The summed E-state index contributed by atoms with van der Waals surface area (Å²) in [5.74, 6) is -2.52. The van der Waals surface area contributed by atoms with E-state index in [1.807, 2.05) is 21.1 Å². The molecule has 6 heteroatoms. The zero-order valence-electron chi connectivity index (χ0n) is 27.8. The average Bonchev–Trinajstić information content (AvgIpc) is 3.01. The van der Waals surface area contributed by atoms with Gasteiger partial charge in [-0.05, 0) is 87.3 Å². The first-order chi connectivity index (χ1) is 17.9. The molecule has 0 aromatic carbocycles. The Morgan fingerprint density at radius 3 is 2.62 bits per heavy atom. The summed E-state index contributed by atoms with van der Waals surface area (Å²) in [6.07, 6.45) is -3.13. The van der Waals surface area contributed by atoms with Crippen molar-refractivity contribution in [2.75, 3.05) is 27.7 Å². The van der Waals surface area contributed by atoms with Crippen LogP contribution in [0.4, 0.5) is 0 Å². The Hall–Kier alpha value is -1.53. The van der Waals surface area contributed by atoms with Crippen molar-refractivity contribution in [2.24, 2.45) is 33.7 Å². The van der Waals surface area contributed by atoms with Gasteiger partial charge in [0.1, 0.15) is 5.60 Å². The molecule has 2 N–H and O–H groups in total. The number of carbonyl (C=O) groups excluding carboxylic acids is 2. The quantitative estimate of drug-likeness (QED) is 0.507. The number of ketones is 1. The van der Waals surface area contributed by atoms with Crippen LogP contribution in [0.2, 0.25) is 0 Å². The van der Waals surface area contributed by atoms with Crippen LogP contribution in [-0.4, -0.2) is 60.3 Å². The number of Topliss-reactive ketones (excluding diaryl/α,β-unsaturated/α-hetero) is 1. The Balaban J connectivity index is 1.74. The average molecular weight is 453 g/mol. The Morgan fingerprint density at radius 2 is 1.94 bits per heavy atom. The van der Waals surface area contributed by atoms with Gasteiger partial charge in [0.2, 0.25) is 0 Å². The number of carbonyl (C=O) groups is 2. The van der Waals surface area contributed by atoms with Crippen LogP contribution in [-0.2, 0) is 9.59 Å². The van der Waals surface area contributed by atoms with Gasteiger partial charge in [0.25, 0.3) is 5.91 Å². The van der Waals surface area contributed by atoms with E-state index in [2.05, 4.69) is 10.5 Å². The van der Waals surface area contributed by atoms with Crippen molar-refractivity contribution in [2.45, 2.75) is 77.6 Å². The van der Waals surface area contributed by atoms with Crippen LogP contribution in [0.15, 0.2) is 16.7 Å². The molecule has 0 aromatic rings. The zero-order chi connectivity index (χ0) is 30.5. The fourth-order valence-electron chi connectivity index (χ4n) is 6.85. The molecule has 3 fully saturated rings. The highest BCUT2D eigenvalue weighted by Gasteiger charge is 2.65. The third kappa shape index (κ3) is 3.67. The molecule has 4 aliphatic rings. The Morgan fingerprint density at radius 1 is 1.22 bits per heavy atom. The molecule has 0 saturated heterocycles. The highest BCUT2D eigenvalue weighted by molar-refractivity contribution is 5.97. The number of quaternary nitrogens is 1. The topological polar surface area (TPSA) is 78.8 Å². The highest BCUT2D eigenvalue weighted by Crippen LogP contribution is 2.67. The molecule has 4 aliphatic carbocycles. The van der Waals surface area contributed by atoms with E-state index in [0.717, 1.165) is 0 Å². The van der Waals surface area contributed by atoms with E-state index < -0.39 is 47.7 Å². The first-order valence-corrected chi connectivity index (χ1v) is 11.6. The lowest BCUT2D eigenvalue weighted by Crippen LogP contribution is -2.57. The number of likely N-dealkylation sites (N-methyl/N-ethyl adjacent to an activating group) is 1. The van der Waals surface area contributed by atoms with Crippen LogP contribution in [0.3, 0.4) is 0 Å². The number of nitrogens with one attached hydrogen (secondary N) is 1. The molecule has 32 heavy (non-hydrogen) atoms. The van der Waals surface area contributed by atoms with Crippen molar-refractivity contribution in [3.63, 3.8) is 0 Å². The monoisotopic (exact) mass is 452 g/mol. The molecule has 0 aromatic heterocycles. The Labute approximate surface area is 204 Å². The summed E-state index contributed by atoms with van der Waals surface area (Å²) < 4.78 is 68.1. The number of hydrogen-bond acceptors (Lipinski definition) is 4. The maximum atomic E-state index is 13.0. The van der Waals surface area contributed by atoms with Crippen molar-refractivity contribution in [1.82, 2.24) is 5.43 Å². The highest BCUT2D eigenvalue weighted by atomic mass is 16.3. The number of fused-ring (bicyclic) bond motifs is 5. The van der Waals surface area contributed by atoms with E-state index in [0.29, 0.717) is 23.7 Å². The predicted octanol–water partition coefficient (Wildman–Crippen LogP) is 3.45. The fourth-order valence-corrected chi connectivity index (χ4v) is 6.85. The molecule has 6 nitrogen and oxygen atoms in total. The van der Waals surface area contributed by atoms with Gasteiger partial charge < -0.3 is 9.59 Å². The van der Waals surface area contributed by atoms with E-state index in [-0.39, 0.29) is 60.9 Å². The van der Waals surface area contributed by atoms with E-state index >= 15 is 0 Å². The summed E-state index contributed by atoms with van der Waals surface area (Å²) in [5.41, 5.74) is -1.89. The zero-order valence-corrected chi connectivity index (χ0v) is 19.8. The van der Waals surface area contributed by atoms with Crippen LogP contribution < -0.4 is 5.43 Å². The summed E-state index contributed by atoms with van der Waals surface area (Å²) in [6, 6.07) is -0.332. The molecule has 0 bridgehead atoms. The molecule has 0 aliphatic heterocycles. The number of hydrogen-bond donors (Lipinski definition) is 2. The molecule has 0 unspecified atom stereocenters. The Bertz CT molecular complexity index is 1180. The summed E-state index contributed by atoms with van der Waals surface area (Å²) in [6.45, 7) is 0.673. The second-order valence-electron chi connectivity index (χ2n) is 11.7. The second-order valence-corrected chi connectivity index (χ2v) is 11.7. The van der Waals surface area contributed by atoms with Gasteiger partial charge >= 0.3 is 0 Å². The minimum atomic E-state index is -2.96. The van der Waals surface area contributed by atoms with Crippen LogP contribution in [0, 0.1) is 28.6 Å². The maximum Gasteiger partial charge on any atom is 0.295 e. The van der Waals surface area contributed by atoms with Crippen molar-refractivity contribution < 1.29 is 30.1 Å². The minimum absolute atomic E-state index is 0.00735. The Kier molecular flexibility index (Phi) is 3.73. The van der Waals surface area contributed by atoms with Crippen molar-refractivity contribution in [3.05, 3.63) is 11.6 Å². The first kappa shape index (κ1) is 15.4. The summed E-state index contributed by atoms with van der Waals surface area (Å²) in [4.78, 5) is 25.4. The molecule has 3 saturated carbocycles. The van der Waals surface area contributed by atoms with Gasteiger partial charge in [-0.3, -0.25) is 9.59 Å². The van der Waals surface area contributed by atoms with E-state index in [9.17, 15) is 14.7 Å². The lowest BCUT2D eigenvalue weighted by molar-refractivity contribution is -0.862. The normalized spacial score (nSPS) is 50.1. The lowest BCUT2D eigenvalue weighted by Gasteiger charge is -2.59. The SMILES string of the molecule is [2H]C1=C2C([2H])([2H])C[C@@H]3[C@H](CC[C@@]4(C)[C@H]3CC[C@]4(O)C(=O)C([2H])([2H])[2H])[C@@]2(C)CC([2H])([2H])/C1=N\NC(=O)C[N+](C)(C)C. The molecule has 6 atom stereocenters. The van der Waals surface area contributed by atoms with Crippen molar-refractivity contribution in [1.29, 1.82) is 0 Å². The molecule has 0 radical (unpaired) electrons. The number of rotatable bonds is 4. The van der Waals surface area contributed by atoms with Crippen LogP contribution >= 0.6 is 0 Å². The van der Waals surface area contributed by atoms with E-state index in [4.69, 9.17) is 11.0 Å². The predicted molar refractivity (Wildman–Crippen MR) is 126 cm³/mol. The van der Waals surface area contributed by atoms with E-state index in [1.165, 1.54) is 0 Å². The number of hydrazone groups is 1. The number of aliphatic hydroxyl groups is 1. The third-order valence-corrected chi connectivity index (χ3v) is 8.65. The van der Waals surface area contributed by atoms with Crippen molar-refractivity contribution >= 4 is 17.4 Å². The standard InChI is InChI=1S/C26H41N3O3/c1-17(30)26(32)14-11-22-20-8-7-18-15-19(27-28-23(31)16-29(4,5)6)9-12-24(18,2)21(20)10-13-25(22,26)3/h15,20-22,32H,7-14,16H2,1-6H3/p+1/b27-19+/t20-,21+,22+,24+,25+,26+/m1/s1/i1D3,7D2,9D2,15D. The fraction of sp³-hybridized carbons (Fsp3) is 0.808. The second kappa shape index (κ2) is 7.76. The van der Waals surface area contributed by atoms with Gasteiger partial charge in [-0.1, -0.05) is 19.4 Å². The van der Waals surface area contributed by atoms with Gasteiger partial charge in [-0.2, -0.15) is 5.10 Å². The van der Waals surface area contributed by atoms with Crippen LogP contribution in [0.25, 0.3) is 0 Å². The molecule has 0 heterocycles. The molecule has 0 spiro atoms. The van der Waals surface area contributed by atoms with Crippen LogP contribution in [0.5, 0.6) is 0 Å². The molecule has 178 valence electrons. The molecular weight excluding hydrogens is 402 g/mol. The summed E-state index contributed by atoms with van der Waals surface area (Å²) in [7, 11) is 5.47. The molecular formula is C26H42N3O3+. The maximum absolute atomic E-state index is 13.0. The molecule has 1 amide bonds. The summed E-state index contributed by atoms with van der Waals surface area (Å²) >= 11 is 0. The largest absolute Gasteiger partial charge is 0.382 e. The van der Waals surface area contributed by atoms with Gasteiger partial charge in [0, 0.05) is 15.0 Å². The minimum Gasteiger partial charge on any atom is -0.382 e. The summed E-state index contributed by atoms with van der Waals surface area (Å²) in [5, 5.41) is 15.6. The first-order valence-electron chi connectivity index (χ1n) is 15.6. The smallest absolute Gasteiger partial charge is 0.295 e. The van der Waals surface area contributed by atoms with Gasteiger partial charge in [-0.15, -0.1) is 0 Å². The lowest BCUT2D eigenvalue weighted by atomic mass is 9.46. The number of nitrogens with zero attached hydrogens (tertiary/aromatic N) is 2. The van der Waals surface area contributed by atoms with E-state index in [1.54, 1.807) is 13.8 Å².